The average Bonchev–Trinajstić information content (AvgIpc) is 3.59. The molecule has 1 fully saturated rings. The van der Waals surface area contributed by atoms with Crippen LogP contribution in [0.15, 0.2) is 34.0 Å². The smallest absolute Gasteiger partial charge is 0.329 e. The molecule has 5 rings (SSSR count). The van der Waals surface area contributed by atoms with Gasteiger partial charge in [-0.25, -0.2) is 9.18 Å². The van der Waals surface area contributed by atoms with Crippen molar-refractivity contribution in [2.24, 2.45) is 0 Å². The fourth-order valence-electron chi connectivity index (χ4n) is 5.32. The molecule has 42 heavy (non-hydrogen) atoms. The van der Waals surface area contributed by atoms with Crippen LogP contribution in [0.25, 0.3) is 15.2 Å². The van der Waals surface area contributed by atoms with Crippen molar-refractivity contribution < 1.29 is 23.4 Å². The molecular weight excluding hydrogens is 567 g/mol. The zero-order valence-corrected chi connectivity index (χ0v) is 24.7. The number of thiophene rings is 1. The highest BCUT2D eigenvalue weighted by Crippen LogP contribution is 2.34. The molecule has 1 N–H and O–H groups in total. The molecule has 0 spiro atoms. The minimum absolute atomic E-state index is 0.0291. The van der Waals surface area contributed by atoms with Crippen LogP contribution in [0.3, 0.4) is 0 Å². The first-order valence-electron chi connectivity index (χ1n) is 13.7. The van der Waals surface area contributed by atoms with Gasteiger partial charge < -0.3 is 19.1 Å². The molecule has 1 amide bonds. The second-order valence-electron chi connectivity index (χ2n) is 9.99. The number of halogens is 1. The van der Waals surface area contributed by atoms with Crippen molar-refractivity contribution in [1.29, 1.82) is 0 Å². The zero-order chi connectivity index (χ0) is 30.0. The normalized spacial score (nSPS) is 16.4. The molecule has 3 aromatic heterocycles. The van der Waals surface area contributed by atoms with E-state index in [1.807, 2.05) is 11.8 Å². The molecule has 0 bridgehead atoms. The third kappa shape index (κ3) is 5.61. The van der Waals surface area contributed by atoms with Gasteiger partial charge in [-0.15, -0.1) is 4.80 Å². The Bertz CT molecular complexity index is 1710. The number of rotatable bonds is 11. The number of benzene rings is 1. The Morgan fingerprint density at radius 2 is 2.02 bits per heavy atom. The van der Waals surface area contributed by atoms with E-state index in [1.165, 1.54) is 53.1 Å². The summed E-state index contributed by atoms with van der Waals surface area (Å²) in [7, 11) is 3.00. The van der Waals surface area contributed by atoms with Gasteiger partial charge in [0.2, 0.25) is 5.91 Å². The van der Waals surface area contributed by atoms with Gasteiger partial charge in [-0.05, 0) is 44.9 Å². The van der Waals surface area contributed by atoms with Crippen LogP contribution < -0.4 is 16.0 Å². The highest BCUT2D eigenvalue weighted by molar-refractivity contribution is 7.21. The quantitative estimate of drug-likeness (QED) is 0.260. The van der Waals surface area contributed by atoms with Gasteiger partial charge in [-0.2, -0.15) is 10.2 Å². The highest BCUT2D eigenvalue weighted by atomic mass is 32.1. The maximum absolute atomic E-state index is 14.3. The third-order valence-corrected chi connectivity index (χ3v) is 8.78. The summed E-state index contributed by atoms with van der Waals surface area (Å²) in [5.41, 5.74) is 0.367. The number of likely N-dealkylation sites (N-methyl/N-ethyl adjacent to an activating group) is 1. The molecule has 0 aliphatic carbocycles. The molecule has 0 saturated carbocycles. The van der Waals surface area contributed by atoms with Gasteiger partial charge >= 0.3 is 5.69 Å². The van der Waals surface area contributed by atoms with Crippen molar-refractivity contribution in [3.05, 3.63) is 67.9 Å². The molecule has 1 unspecified atom stereocenters. The Kier molecular flexibility index (Phi) is 8.85. The van der Waals surface area contributed by atoms with Gasteiger partial charge in [0.15, 0.2) is 0 Å². The number of fused-ring (bicyclic) bond motifs is 1. The van der Waals surface area contributed by atoms with Crippen LogP contribution in [0, 0.1) is 12.7 Å². The van der Waals surface area contributed by atoms with E-state index in [9.17, 15) is 18.8 Å². The second-order valence-corrected chi connectivity index (χ2v) is 11.0. The van der Waals surface area contributed by atoms with Crippen molar-refractivity contribution in [2.75, 3.05) is 40.5 Å². The minimum atomic E-state index is -0.809. The van der Waals surface area contributed by atoms with Crippen molar-refractivity contribution in [2.45, 2.75) is 45.3 Å². The summed E-state index contributed by atoms with van der Waals surface area (Å²) in [5, 5.41) is 9.89. The van der Waals surface area contributed by atoms with Gasteiger partial charge in [0.1, 0.15) is 27.5 Å². The molecule has 12 nitrogen and oxygen atoms in total. The largest absolute Gasteiger partial charge is 0.496 e. The summed E-state index contributed by atoms with van der Waals surface area (Å²) in [6, 6.07) is 4.07. The standard InChI is InChI=1S/C28H33FN6O6S/c1-5-33-10-6-7-18(25(33)37)20-14-30-35(32-20)26-16(2)23-24(36)31-28(38)34(27(23)42-26)15-22(41-12-11-39-3)19-13-17(29)8-9-21(19)40-4/h8-9,13-14,18,22H,5-7,10-12,15H2,1-4H3,(H,31,36,38)/t18?,22-/m0/s1. The van der Waals surface area contributed by atoms with E-state index < -0.39 is 23.2 Å². The third-order valence-electron chi connectivity index (χ3n) is 7.49. The fraction of sp³-hybridized carbons (Fsp3) is 0.464. The molecule has 0 radical (unpaired) electrons. The topological polar surface area (TPSA) is 134 Å². The maximum atomic E-state index is 14.3. The van der Waals surface area contributed by atoms with E-state index in [0.29, 0.717) is 50.8 Å². The van der Waals surface area contributed by atoms with Crippen molar-refractivity contribution in [3.8, 4) is 10.8 Å². The number of hydrogen-bond donors (Lipinski definition) is 1. The van der Waals surface area contributed by atoms with Crippen molar-refractivity contribution in [3.63, 3.8) is 0 Å². The summed E-state index contributed by atoms with van der Waals surface area (Å²) in [4.78, 5) is 45.1. The van der Waals surface area contributed by atoms with Gasteiger partial charge in [0, 0.05) is 31.3 Å². The number of aromatic nitrogens is 5. The van der Waals surface area contributed by atoms with E-state index in [-0.39, 0.29) is 31.6 Å². The molecule has 4 aromatic rings. The van der Waals surface area contributed by atoms with Crippen LogP contribution in [0.1, 0.15) is 48.6 Å². The Labute approximate surface area is 244 Å². The Hall–Kier alpha value is -3.88. The number of aromatic amines is 1. The van der Waals surface area contributed by atoms with Crippen molar-refractivity contribution in [1.82, 2.24) is 29.4 Å². The lowest BCUT2D eigenvalue weighted by Crippen LogP contribution is -2.40. The maximum Gasteiger partial charge on any atom is 0.329 e. The van der Waals surface area contributed by atoms with Crippen LogP contribution in [-0.2, 0) is 20.8 Å². The van der Waals surface area contributed by atoms with E-state index in [1.54, 1.807) is 13.1 Å². The van der Waals surface area contributed by atoms with Gasteiger partial charge in [0.25, 0.3) is 5.56 Å². The molecule has 2 atom stereocenters. The summed E-state index contributed by atoms with van der Waals surface area (Å²) < 4.78 is 32.3. The van der Waals surface area contributed by atoms with E-state index in [2.05, 4.69) is 15.2 Å². The Balaban J connectivity index is 1.56. The zero-order valence-electron chi connectivity index (χ0n) is 23.9. The van der Waals surface area contributed by atoms with Gasteiger partial charge in [-0.1, -0.05) is 11.3 Å². The lowest BCUT2D eigenvalue weighted by atomic mass is 9.94. The van der Waals surface area contributed by atoms with Crippen LogP contribution in [0.2, 0.25) is 0 Å². The summed E-state index contributed by atoms with van der Waals surface area (Å²) >= 11 is 1.18. The number of ether oxygens (including phenoxy) is 3. The number of amides is 1. The van der Waals surface area contributed by atoms with Gasteiger partial charge in [-0.3, -0.25) is 19.1 Å². The number of nitrogens with zero attached hydrogens (tertiary/aromatic N) is 5. The SMILES string of the molecule is CCN1CCCC(c2cnn(-c3sc4c(c3C)c(=O)[nH]c(=O)n4C[C@H](OCCOC)c3cc(F)ccc3OC)n2)C1=O. The average molecular weight is 601 g/mol. The van der Waals surface area contributed by atoms with Crippen LogP contribution in [0.4, 0.5) is 4.39 Å². The molecule has 1 aliphatic heterocycles. The lowest BCUT2D eigenvalue weighted by molar-refractivity contribution is -0.135. The number of carbonyl (C=O) groups excluding carboxylic acids is 1. The minimum Gasteiger partial charge on any atom is -0.496 e. The fourth-order valence-corrected chi connectivity index (χ4v) is 6.54. The molecule has 1 aromatic carbocycles. The van der Waals surface area contributed by atoms with Crippen LogP contribution >= 0.6 is 11.3 Å². The van der Waals surface area contributed by atoms with E-state index >= 15 is 0 Å². The lowest BCUT2D eigenvalue weighted by Gasteiger charge is -2.30. The monoisotopic (exact) mass is 600 g/mol. The molecule has 14 heteroatoms. The Morgan fingerprint density at radius 1 is 1.21 bits per heavy atom. The molecule has 224 valence electrons. The first-order chi connectivity index (χ1) is 20.3. The van der Waals surface area contributed by atoms with Crippen LogP contribution in [-0.4, -0.2) is 75.9 Å². The number of nitrogens with one attached hydrogen (secondary N) is 1. The second kappa shape index (κ2) is 12.5. The summed E-state index contributed by atoms with van der Waals surface area (Å²) in [6.07, 6.45) is 2.34. The number of likely N-dealkylation sites (tertiary alicyclic amines) is 1. The number of piperidine rings is 1. The number of H-pyrrole nitrogens is 1. The highest BCUT2D eigenvalue weighted by Gasteiger charge is 2.32. The van der Waals surface area contributed by atoms with Gasteiger partial charge in [0.05, 0.1) is 50.1 Å². The molecule has 4 heterocycles. The number of hydrogen-bond acceptors (Lipinski definition) is 9. The predicted octanol–water partition coefficient (Wildman–Crippen LogP) is 2.92. The molecule has 1 aliphatic rings. The number of aryl methyl sites for hydroxylation is 1. The molecular formula is C28H33FN6O6S. The van der Waals surface area contributed by atoms with E-state index in [4.69, 9.17) is 14.2 Å². The predicted molar refractivity (Wildman–Crippen MR) is 154 cm³/mol. The first kappa shape index (κ1) is 29.6. The first-order valence-corrected chi connectivity index (χ1v) is 14.5. The number of methoxy groups -OCH3 is 2. The Morgan fingerprint density at radius 3 is 2.76 bits per heavy atom. The molecule has 1 saturated heterocycles. The summed E-state index contributed by atoms with van der Waals surface area (Å²) in [5.74, 6) is -0.447. The summed E-state index contributed by atoms with van der Waals surface area (Å²) in [6.45, 7) is 5.48. The van der Waals surface area contributed by atoms with Crippen molar-refractivity contribution >= 4 is 27.5 Å². The van der Waals surface area contributed by atoms with E-state index in [0.717, 1.165) is 13.0 Å². The van der Waals surface area contributed by atoms with Crippen LogP contribution in [0.5, 0.6) is 5.75 Å². The number of carbonyl (C=O) groups is 1.